The summed E-state index contributed by atoms with van der Waals surface area (Å²) in [6.07, 6.45) is 1.17. The lowest BCUT2D eigenvalue weighted by Gasteiger charge is -2.01. The third-order valence-electron chi connectivity index (χ3n) is 1.65. The Hall–Kier alpha value is 0.0200. The molecule has 52 valence electrons. The summed E-state index contributed by atoms with van der Waals surface area (Å²) < 4.78 is 0. The van der Waals surface area contributed by atoms with Gasteiger partial charge in [-0.1, -0.05) is 6.92 Å². The second kappa shape index (κ2) is 2.74. The van der Waals surface area contributed by atoms with Gasteiger partial charge in [-0.3, -0.25) is 4.99 Å². The first-order chi connectivity index (χ1) is 4.24. The second-order valence-corrected chi connectivity index (χ2v) is 3.94. The van der Waals surface area contributed by atoms with Crippen molar-refractivity contribution in [3.63, 3.8) is 0 Å². The molecule has 1 nitrogen and oxygen atoms in total. The van der Waals surface area contributed by atoms with Crippen molar-refractivity contribution >= 4 is 17.5 Å². The predicted molar refractivity (Wildman–Crippen MR) is 44.2 cm³/mol. The molecule has 2 heteroatoms. The van der Waals surface area contributed by atoms with Gasteiger partial charge in [0.2, 0.25) is 0 Å². The molecule has 0 aromatic heterocycles. The fourth-order valence-electron chi connectivity index (χ4n) is 0.884. The van der Waals surface area contributed by atoms with Crippen LogP contribution in [-0.4, -0.2) is 16.3 Å². The van der Waals surface area contributed by atoms with Crippen molar-refractivity contribution in [1.82, 2.24) is 0 Å². The third-order valence-corrected chi connectivity index (χ3v) is 3.15. The van der Waals surface area contributed by atoms with Gasteiger partial charge in [-0.05, 0) is 20.3 Å². The zero-order valence-electron chi connectivity index (χ0n) is 6.22. The summed E-state index contributed by atoms with van der Waals surface area (Å²) in [6, 6.07) is 0. The second-order valence-electron chi connectivity index (χ2n) is 2.41. The van der Waals surface area contributed by atoms with Crippen LogP contribution in [0, 0.1) is 0 Å². The first kappa shape index (κ1) is 7.13. The van der Waals surface area contributed by atoms with Crippen molar-refractivity contribution in [2.45, 2.75) is 37.8 Å². The molecule has 0 saturated heterocycles. The summed E-state index contributed by atoms with van der Waals surface area (Å²) in [4.78, 5) is 4.47. The largest absolute Gasteiger partial charge is 0.279 e. The monoisotopic (exact) mass is 143 g/mol. The Kier molecular flexibility index (Phi) is 2.17. The van der Waals surface area contributed by atoms with Crippen LogP contribution in [0.2, 0.25) is 0 Å². The summed E-state index contributed by atoms with van der Waals surface area (Å²) >= 11 is 1.97. The molecule has 0 aliphatic carbocycles. The van der Waals surface area contributed by atoms with Crippen LogP contribution in [0.4, 0.5) is 0 Å². The fourth-order valence-corrected chi connectivity index (χ4v) is 2.03. The zero-order valence-corrected chi connectivity index (χ0v) is 7.03. The van der Waals surface area contributed by atoms with E-state index in [1.54, 1.807) is 0 Å². The minimum Gasteiger partial charge on any atom is -0.279 e. The standard InChI is InChI=1S/C7H13NS/c1-4-7-8-5(2)6(3)9-7/h6-7H,4H2,1-3H3/t6-,7+/m1/s1. The molecule has 0 bridgehead atoms. The quantitative estimate of drug-likeness (QED) is 0.548. The minimum atomic E-state index is 0.556. The molecule has 1 aliphatic rings. The van der Waals surface area contributed by atoms with Gasteiger partial charge in [0.05, 0.1) is 5.37 Å². The van der Waals surface area contributed by atoms with E-state index in [4.69, 9.17) is 0 Å². The summed E-state index contributed by atoms with van der Waals surface area (Å²) in [7, 11) is 0. The zero-order chi connectivity index (χ0) is 6.85. The van der Waals surface area contributed by atoms with Crippen LogP contribution in [0.15, 0.2) is 4.99 Å². The van der Waals surface area contributed by atoms with Gasteiger partial charge in [0.25, 0.3) is 0 Å². The third kappa shape index (κ3) is 1.48. The molecule has 0 fully saturated rings. The molecule has 0 aromatic rings. The highest BCUT2D eigenvalue weighted by Crippen LogP contribution is 2.28. The summed E-state index contributed by atoms with van der Waals surface area (Å²) in [6.45, 7) is 6.53. The van der Waals surface area contributed by atoms with Crippen LogP contribution in [-0.2, 0) is 0 Å². The van der Waals surface area contributed by atoms with E-state index in [1.165, 1.54) is 12.1 Å². The fraction of sp³-hybridized carbons (Fsp3) is 0.857. The number of hydrogen-bond donors (Lipinski definition) is 0. The van der Waals surface area contributed by atoms with E-state index in [0.717, 1.165) is 0 Å². The maximum absolute atomic E-state index is 4.47. The molecule has 0 N–H and O–H groups in total. The van der Waals surface area contributed by atoms with Gasteiger partial charge in [-0.15, -0.1) is 11.8 Å². The van der Waals surface area contributed by atoms with E-state index in [-0.39, 0.29) is 0 Å². The summed E-state index contributed by atoms with van der Waals surface area (Å²) in [5.41, 5.74) is 1.31. The highest BCUT2D eigenvalue weighted by molar-refractivity contribution is 8.01. The Balaban J connectivity index is 2.52. The molecule has 0 radical (unpaired) electrons. The summed E-state index contributed by atoms with van der Waals surface area (Å²) in [5.74, 6) is 0. The van der Waals surface area contributed by atoms with Crippen LogP contribution in [0.25, 0.3) is 0 Å². The lowest BCUT2D eigenvalue weighted by molar-refractivity contribution is 0.880. The highest BCUT2D eigenvalue weighted by atomic mass is 32.2. The molecular weight excluding hydrogens is 130 g/mol. The van der Waals surface area contributed by atoms with Crippen molar-refractivity contribution in [2.75, 3.05) is 0 Å². The first-order valence-electron chi connectivity index (χ1n) is 3.43. The van der Waals surface area contributed by atoms with Crippen LogP contribution < -0.4 is 0 Å². The average Bonchev–Trinajstić information content (AvgIpc) is 2.13. The Bertz CT molecular complexity index is 131. The molecule has 1 aliphatic heterocycles. The van der Waals surface area contributed by atoms with Gasteiger partial charge in [-0.2, -0.15) is 0 Å². The highest BCUT2D eigenvalue weighted by Gasteiger charge is 2.19. The van der Waals surface area contributed by atoms with E-state index in [2.05, 4.69) is 25.8 Å². The van der Waals surface area contributed by atoms with E-state index in [0.29, 0.717) is 10.6 Å². The molecule has 0 spiro atoms. The van der Waals surface area contributed by atoms with E-state index < -0.39 is 0 Å². The van der Waals surface area contributed by atoms with E-state index in [1.807, 2.05) is 11.8 Å². The lowest BCUT2D eigenvalue weighted by atomic mass is 10.3. The molecule has 1 heterocycles. The maximum atomic E-state index is 4.47. The number of rotatable bonds is 1. The van der Waals surface area contributed by atoms with Crippen LogP contribution in [0.1, 0.15) is 27.2 Å². The summed E-state index contributed by atoms with van der Waals surface area (Å²) in [5, 5.41) is 1.22. The van der Waals surface area contributed by atoms with E-state index in [9.17, 15) is 0 Å². The molecule has 1 rings (SSSR count). The Morgan fingerprint density at radius 2 is 2.33 bits per heavy atom. The molecule has 0 amide bonds. The van der Waals surface area contributed by atoms with Gasteiger partial charge in [0, 0.05) is 11.0 Å². The van der Waals surface area contributed by atoms with Gasteiger partial charge >= 0.3 is 0 Å². The van der Waals surface area contributed by atoms with E-state index >= 15 is 0 Å². The Labute approximate surface area is 60.9 Å². The van der Waals surface area contributed by atoms with Crippen molar-refractivity contribution in [2.24, 2.45) is 4.99 Å². The smallest absolute Gasteiger partial charge is 0.0954 e. The molecule has 0 saturated carbocycles. The predicted octanol–water partition coefficient (Wildman–Crippen LogP) is 2.32. The molecule has 0 unspecified atom stereocenters. The van der Waals surface area contributed by atoms with Crippen molar-refractivity contribution in [3.05, 3.63) is 0 Å². The molecular formula is C7H13NS. The topological polar surface area (TPSA) is 12.4 Å². The van der Waals surface area contributed by atoms with Gasteiger partial charge in [0.1, 0.15) is 0 Å². The van der Waals surface area contributed by atoms with Crippen molar-refractivity contribution < 1.29 is 0 Å². The minimum absolute atomic E-state index is 0.556. The van der Waals surface area contributed by atoms with Gasteiger partial charge in [-0.25, -0.2) is 0 Å². The number of hydrogen-bond acceptors (Lipinski definition) is 2. The molecule has 0 aromatic carbocycles. The van der Waals surface area contributed by atoms with Gasteiger partial charge < -0.3 is 0 Å². The van der Waals surface area contributed by atoms with Crippen molar-refractivity contribution in [1.29, 1.82) is 0 Å². The molecule has 2 atom stereocenters. The van der Waals surface area contributed by atoms with Crippen LogP contribution in [0.3, 0.4) is 0 Å². The first-order valence-corrected chi connectivity index (χ1v) is 4.38. The average molecular weight is 143 g/mol. The van der Waals surface area contributed by atoms with Crippen LogP contribution in [0.5, 0.6) is 0 Å². The lowest BCUT2D eigenvalue weighted by Crippen LogP contribution is -2.01. The Morgan fingerprint density at radius 1 is 1.67 bits per heavy atom. The van der Waals surface area contributed by atoms with Crippen molar-refractivity contribution in [3.8, 4) is 0 Å². The van der Waals surface area contributed by atoms with Crippen LogP contribution >= 0.6 is 11.8 Å². The number of nitrogens with zero attached hydrogens (tertiary/aromatic N) is 1. The number of aliphatic imine (C=N–C) groups is 1. The molecule has 9 heavy (non-hydrogen) atoms. The van der Waals surface area contributed by atoms with Gasteiger partial charge in [0.15, 0.2) is 0 Å². The Morgan fingerprint density at radius 3 is 2.56 bits per heavy atom. The number of thioether (sulfide) groups is 1. The maximum Gasteiger partial charge on any atom is 0.0954 e. The SMILES string of the molecule is CC[C@H]1N=C(C)[C@@H](C)S1. The normalized spacial score (nSPS) is 34.8.